The fourth-order valence-corrected chi connectivity index (χ4v) is 3.86. The smallest absolute Gasteiger partial charge is 0.196 e. The quantitative estimate of drug-likeness (QED) is 0.731. The van der Waals surface area contributed by atoms with Gasteiger partial charge in [-0.15, -0.1) is 11.3 Å². The standard InChI is InChI=1S/C13H11NO3S2/c1-7-12(8(2)17-14-7)10-5-3-4-9-6-11(19(15)16)18-13(9)10/h3-6H,1-2H3,(H,15,16). The number of rotatable bonds is 2. The second-order valence-electron chi connectivity index (χ2n) is 4.24. The monoisotopic (exact) mass is 293 g/mol. The van der Waals surface area contributed by atoms with E-state index < -0.39 is 11.1 Å². The minimum Gasteiger partial charge on any atom is -0.361 e. The van der Waals surface area contributed by atoms with Gasteiger partial charge in [-0.1, -0.05) is 23.4 Å². The Labute approximate surface area is 116 Å². The molecule has 2 aromatic heterocycles. The zero-order valence-electron chi connectivity index (χ0n) is 10.3. The van der Waals surface area contributed by atoms with Gasteiger partial charge in [0.15, 0.2) is 11.1 Å². The van der Waals surface area contributed by atoms with Gasteiger partial charge in [-0.2, -0.15) is 0 Å². The molecule has 3 aromatic rings. The number of aromatic nitrogens is 1. The zero-order valence-corrected chi connectivity index (χ0v) is 12.0. The van der Waals surface area contributed by atoms with Crippen LogP contribution < -0.4 is 0 Å². The van der Waals surface area contributed by atoms with Crippen molar-refractivity contribution < 1.29 is 13.3 Å². The third kappa shape index (κ3) is 2.01. The minimum atomic E-state index is -1.95. The van der Waals surface area contributed by atoms with Crippen LogP contribution in [0, 0.1) is 13.8 Å². The number of aryl methyl sites for hydroxylation is 2. The van der Waals surface area contributed by atoms with Crippen molar-refractivity contribution in [2.45, 2.75) is 18.1 Å². The summed E-state index contributed by atoms with van der Waals surface area (Å²) in [4.78, 5) is 0. The molecule has 0 bridgehead atoms. The number of benzene rings is 1. The molecular weight excluding hydrogens is 282 g/mol. The first kappa shape index (κ1) is 12.5. The summed E-state index contributed by atoms with van der Waals surface area (Å²) in [6, 6.07) is 7.59. The molecule has 0 aliphatic rings. The molecule has 1 N–H and O–H groups in total. The average molecular weight is 293 g/mol. The number of fused-ring (bicyclic) bond motifs is 1. The molecule has 0 fully saturated rings. The van der Waals surface area contributed by atoms with Crippen LogP contribution in [0.5, 0.6) is 0 Å². The molecule has 3 rings (SSSR count). The molecule has 0 radical (unpaired) electrons. The second-order valence-corrected chi connectivity index (χ2v) is 6.49. The Morgan fingerprint density at radius 3 is 2.79 bits per heavy atom. The number of hydrogen-bond donors (Lipinski definition) is 1. The van der Waals surface area contributed by atoms with Crippen LogP contribution in [0.2, 0.25) is 0 Å². The number of hydrogen-bond acceptors (Lipinski definition) is 4. The third-order valence-electron chi connectivity index (χ3n) is 3.00. The SMILES string of the molecule is Cc1noc(C)c1-c1cccc2cc(S(=O)O)sc12. The van der Waals surface area contributed by atoms with E-state index in [2.05, 4.69) is 5.16 Å². The van der Waals surface area contributed by atoms with Crippen molar-refractivity contribution in [2.24, 2.45) is 0 Å². The summed E-state index contributed by atoms with van der Waals surface area (Å²) < 4.78 is 27.0. The fourth-order valence-electron chi connectivity index (χ4n) is 2.19. The van der Waals surface area contributed by atoms with Crippen molar-refractivity contribution in [1.29, 1.82) is 0 Å². The lowest BCUT2D eigenvalue weighted by Gasteiger charge is -2.01. The highest BCUT2D eigenvalue weighted by Gasteiger charge is 2.16. The van der Waals surface area contributed by atoms with Gasteiger partial charge in [0.05, 0.1) is 5.69 Å². The van der Waals surface area contributed by atoms with E-state index in [1.807, 2.05) is 32.0 Å². The summed E-state index contributed by atoms with van der Waals surface area (Å²) in [5.41, 5.74) is 2.78. The molecule has 0 saturated heterocycles. The minimum absolute atomic E-state index is 0.453. The van der Waals surface area contributed by atoms with E-state index in [1.165, 1.54) is 11.3 Å². The van der Waals surface area contributed by atoms with Crippen LogP contribution in [-0.2, 0) is 11.1 Å². The van der Waals surface area contributed by atoms with Gasteiger partial charge in [-0.25, -0.2) is 4.21 Å². The summed E-state index contributed by atoms with van der Waals surface area (Å²) in [6.07, 6.45) is 0. The Morgan fingerprint density at radius 2 is 2.16 bits per heavy atom. The Morgan fingerprint density at radius 1 is 1.37 bits per heavy atom. The van der Waals surface area contributed by atoms with E-state index in [1.54, 1.807) is 6.07 Å². The van der Waals surface area contributed by atoms with Crippen molar-refractivity contribution in [2.75, 3.05) is 0 Å². The fraction of sp³-hybridized carbons (Fsp3) is 0.154. The predicted molar refractivity (Wildman–Crippen MR) is 75.8 cm³/mol. The summed E-state index contributed by atoms with van der Waals surface area (Å²) in [6.45, 7) is 3.76. The molecule has 1 atom stereocenters. The highest BCUT2D eigenvalue weighted by Crippen LogP contribution is 2.38. The molecule has 2 heterocycles. The molecular formula is C13H11NO3S2. The first-order valence-electron chi connectivity index (χ1n) is 5.64. The topological polar surface area (TPSA) is 63.3 Å². The van der Waals surface area contributed by atoms with E-state index in [-0.39, 0.29) is 0 Å². The maximum absolute atomic E-state index is 11.2. The zero-order chi connectivity index (χ0) is 13.6. The molecule has 6 heteroatoms. The molecule has 0 amide bonds. The maximum Gasteiger partial charge on any atom is 0.196 e. The van der Waals surface area contributed by atoms with Crippen LogP contribution in [0.15, 0.2) is 33.0 Å². The summed E-state index contributed by atoms with van der Waals surface area (Å²) in [5.74, 6) is 0.755. The molecule has 0 spiro atoms. The lowest BCUT2D eigenvalue weighted by atomic mass is 10.0. The molecule has 1 unspecified atom stereocenters. The Bertz CT molecular complexity index is 769. The van der Waals surface area contributed by atoms with Crippen molar-refractivity contribution in [3.05, 3.63) is 35.7 Å². The van der Waals surface area contributed by atoms with Crippen LogP contribution in [0.4, 0.5) is 0 Å². The highest BCUT2D eigenvalue weighted by molar-refractivity contribution is 7.82. The summed E-state index contributed by atoms with van der Waals surface area (Å²) >= 11 is -0.620. The van der Waals surface area contributed by atoms with E-state index in [4.69, 9.17) is 4.52 Å². The van der Waals surface area contributed by atoms with Crippen molar-refractivity contribution in [3.8, 4) is 11.1 Å². The van der Waals surface area contributed by atoms with E-state index in [0.717, 1.165) is 32.7 Å². The van der Waals surface area contributed by atoms with Crippen LogP contribution in [0.3, 0.4) is 0 Å². The average Bonchev–Trinajstić information content (AvgIpc) is 2.93. The van der Waals surface area contributed by atoms with Crippen LogP contribution in [-0.4, -0.2) is 13.9 Å². The van der Waals surface area contributed by atoms with Crippen molar-refractivity contribution in [1.82, 2.24) is 5.16 Å². The van der Waals surface area contributed by atoms with Crippen LogP contribution in [0.25, 0.3) is 21.2 Å². The van der Waals surface area contributed by atoms with Gasteiger partial charge < -0.3 is 9.08 Å². The van der Waals surface area contributed by atoms with E-state index >= 15 is 0 Å². The Balaban J connectivity index is 2.33. The Kier molecular flexibility index (Phi) is 3.00. The van der Waals surface area contributed by atoms with Crippen molar-refractivity contribution in [3.63, 3.8) is 0 Å². The molecule has 19 heavy (non-hydrogen) atoms. The van der Waals surface area contributed by atoms with Crippen LogP contribution in [0.1, 0.15) is 11.5 Å². The van der Waals surface area contributed by atoms with Crippen LogP contribution >= 0.6 is 11.3 Å². The maximum atomic E-state index is 11.2. The second kappa shape index (κ2) is 4.56. The van der Waals surface area contributed by atoms with E-state index in [0.29, 0.717) is 4.21 Å². The third-order valence-corrected chi connectivity index (χ3v) is 5.11. The lowest BCUT2D eigenvalue weighted by molar-refractivity contribution is 0.393. The predicted octanol–water partition coefficient (Wildman–Crippen LogP) is 3.75. The molecule has 0 aliphatic carbocycles. The molecule has 0 saturated carbocycles. The normalized spacial score (nSPS) is 13.0. The van der Waals surface area contributed by atoms with Gasteiger partial charge in [-0.05, 0) is 25.3 Å². The van der Waals surface area contributed by atoms with Gasteiger partial charge in [0, 0.05) is 15.8 Å². The van der Waals surface area contributed by atoms with Gasteiger partial charge in [-0.3, -0.25) is 0 Å². The molecule has 0 aliphatic heterocycles. The van der Waals surface area contributed by atoms with Gasteiger partial charge in [0.1, 0.15) is 9.97 Å². The highest BCUT2D eigenvalue weighted by atomic mass is 32.2. The summed E-state index contributed by atoms with van der Waals surface area (Å²) in [7, 11) is 0. The lowest BCUT2D eigenvalue weighted by Crippen LogP contribution is -1.81. The molecule has 4 nitrogen and oxygen atoms in total. The first-order chi connectivity index (χ1) is 9.08. The largest absolute Gasteiger partial charge is 0.361 e. The Hall–Kier alpha value is -1.50. The molecule has 98 valence electrons. The van der Waals surface area contributed by atoms with E-state index in [9.17, 15) is 8.76 Å². The summed E-state index contributed by atoms with van der Waals surface area (Å²) in [5, 5.41) is 4.92. The van der Waals surface area contributed by atoms with Crippen molar-refractivity contribution >= 4 is 32.5 Å². The number of thiophene rings is 1. The van der Waals surface area contributed by atoms with Gasteiger partial charge in [0.25, 0.3) is 0 Å². The first-order valence-corrected chi connectivity index (χ1v) is 7.57. The molecule has 1 aromatic carbocycles. The van der Waals surface area contributed by atoms with Gasteiger partial charge >= 0.3 is 0 Å². The van der Waals surface area contributed by atoms with Gasteiger partial charge in [0.2, 0.25) is 0 Å². The number of nitrogens with zero attached hydrogens (tertiary/aromatic N) is 1.